The van der Waals surface area contributed by atoms with Crippen LogP contribution < -0.4 is 29.2 Å². The molecule has 0 heterocycles. The maximum atomic E-state index is 11.5. The Kier molecular flexibility index (Phi) is 7.93. The van der Waals surface area contributed by atoms with Crippen LogP contribution in [0, 0.1) is 0 Å². The minimum absolute atomic E-state index is 0. The molecule has 1 rings (SSSR count). The Labute approximate surface area is 129 Å². The van der Waals surface area contributed by atoms with Crippen molar-refractivity contribution >= 4 is 13.3 Å². The summed E-state index contributed by atoms with van der Waals surface area (Å²) in [5.41, 5.74) is 0.150. The monoisotopic (exact) mass is 268 g/mol. The van der Waals surface area contributed by atoms with Crippen LogP contribution in [0.3, 0.4) is 0 Å². The summed E-state index contributed by atoms with van der Waals surface area (Å²) in [4.78, 5) is 0. The van der Waals surface area contributed by atoms with Gasteiger partial charge in [0.05, 0.1) is 8.07 Å². The first-order valence-electron chi connectivity index (χ1n) is 6.13. The van der Waals surface area contributed by atoms with Crippen molar-refractivity contribution in [2.75, 3.05) is 7.11 Å². The van der Waals surface area contributed by atoms with Crippen molar-refractivity contribution in [2.24, 2.45) is 0 Å². The van der Waals surface area contributed by atoms with Crippen LogP contribution in [-0.2, 0) is 4.74 Å². The quantitative estimate of drug-likeness (QED) is 0.406. The Morgan fingerprint density at radius 1 is 1.26 bits per heavy atom. The fourth-order valence-corrected chi connectivity index (χ4v) is 4.65. The summed E-state index contributed by atoms with van der Waals surface area (Å²) in [6.45, 7) is 6.52. The molecule has 1 aromatic rings. The summed E-state index contributed by atoms with van der Waals surface area (Å²) in [7, 11) is -0.333. The van der Waals surface area contributed by atoms with E-state index in [1.54, 1.807) is 6.08 Å². The summed E-state index contributed by atoms with van der Waals surface area (Å²) in [6, 6.07) is 10.4. The van der Waals surface area contributed by atoms with Gasteiger partial charge in [-0.25, -0.2) is 0 Å². The standard InChI is InChI=1S/C15H22O2Si.Li/c1-5-9-14(12-15(16)17-2)18(3,4)13-10-7-6-8-11-13;/h5-12,14,16H,1-4H3;/q;+1/p-1/b9-5+,15-12+;. The van der Waals surface area contributed by atoms with E-state index >= 15 is 0 Å². The maximum Gasteiger partial charge on any atom is 1.00 e. The zero-order valence-electron chi connectivity index (χ0n) is 12.5. The molecule has 0 bridgehead atoms. The van der Waals surface area contributed by atoms with Gasteiger partial charge in [-0.15, -0.1) is 0 Å². The SMILES string of the molecule is C/C=C/C(/C=C(\[O-])OC)[Si](C)(C)c1ccccc1.[Li+]. The van der Waals surface area contributed by atoms with Crippen LogP contribution in [-0.4, -0.2) is 15.2 Å². The van der Waals surface area contributed by atoms with Gasteiger partial charge in [0.2, 0.25) is 0 Å². The van der Waals surface area contributed by atoms with Gasteiger partial charge in [0.25, 0.3) is 0 Å². The second kappa shape index (κ2) is 8.32. The van der Waals surface area contributed by atoms with Gasteiger partial charge >= 0.3 is 18.9 Å². The summed E-state index contributed by atoms with van der Waals surface area (Å²) in [6.07, 6.45) is 5.79. The number of hydrogen-bond donors (Lipinski definition) is 0. The zero-order chi connectivity index (χ0) is 13.6. The van der Waals surface area contributed by atoms with Crippen LogP contribution in [0.1, 0.15) is 6.92 Å². The summed E-state index contributed by atoms with van der Waals surface area (Å²) in [5.74, 6) is -0.255. The molecule has 1 unspecified atom stereocenters. The smallest absolute Gasteiger partial charge is 0.617 e. The van der Waals surface area contributed by atoms with Gasteiger partial charge in [0.15, 0.2) is 0 Å². The molecule has 0 aliphatic carbocycles. The normalized spacial score (nSPS) is 14.0. The molecule has 2 nitrogen and oxygen atoms in total. The van der Waals surface area contributed by atoms with Crippen molar-refractivity contribution < 1.29 is 28.7 Å². The largest absolute Gasteiger partial charge is 1.00 e. The van der Waals surface area contributed by atoms with Gasteiger partial charge in [-0.1, -0.05) is 66.8 Å². The molecule has 0 saturated carbocycles. The van der Waals surface area contributed by atoms with Gasteiger partial charge in [-0.3, -0.25) is 0 Å². The van der Waals surface area contributed by atoms with Crippen molar-refractivity contribution in [3.05, 3.63) is 54.5 Å². The van der Waals surface area contributed by atoms with Crippen LogP contribution in [0.5, 0.6) is 0 Å². The third-order valence-electron chi connectivity index (χ3n) is 3.27. The van der Waals surface area contributed by atoms with Crippen molar-refractivity contribution in [1.82, 2.24) is 0 Å². The molecule has 0 aliphatic rings. The molecular weight excluding hydrogens is 247 g/mol. The number of allylic oxidation sites excluding steroid dienone is 3. The molecule has 0 spiro atoms. The summed E-state index contributed by atoms with van der Waals surface area (Å²) < 4.78 is 4.75. The van der Waals surface area contributed by atoms with Gasteiger partial charge in [0.1, 0.15) is 0 Å². The Bertz CT molecular complexity index is 427. The molecule has 1 atom stereocenters. The molecule has 0 aromatic heterocycles. The molecule has 0 N–H and O–H groups in total. The van der Waals surface area contributed by atoms with Gasteiger partial charge < -0.3 is 9.84 Å². The van der Waals surface area contributed by atoms with E-state index in [9.17, 15) is 5.11 Å². The second-order valence-electron chi connectivity index (χ2n) is 4.83. The first-order valence-corrected chi connectivity index (χ1v) is 9.21. The van der Waals surface area contributed by atoms with Crippen molar-refractivity contribution in [1.29, 1.82) is 0 Å². The van der Waals surface area contributed by atoms with Gasteiger partial charge in [-0.2, -0.15) is 0 Å². The molecular formula is C15H21LiO2Si. The number of ether oxygens (including phenoxy) is 1. The van der Waals surface area contributed by atoms with Crippen LogP contribution >= 0.6 is 0 Å². The van der Waals surface area contributed by atoms with E-state index in [2.05, 4.69) is 43.4 Å². The molecule has 19 heavy (non-hydrogen) atoms. The van der Waals surface area contributed by atoms with E-state index in [1.807, 2.05) is 19.1 Å². The van der Waals surface area contributed by atoms with E-state index in [1.165, 1.54) is 12.3 Å². The Morgan fingerprint density at radius 3 is 2.32 bits per heavy atom. The number of benzene rings is 1. The van der Waals surface area contributed by atoms with Crippen LogP contribution in [0.15, 0.2) is 54.5 Å². The van der Waals surface area contributed by atoms with E-state index < -0.39 is 8.07 Å². The predicted octanol–water partition coefficient (Wildman–Crippen LogP) is -0.600. The molecule has 0 saturated heterocycles. The Morgan fingerprint density at radius 2 is 1.84 bits per heavy atom. The summed E-state index contributed by atoms with van der Waals surface area (Å²) >= 11 is 0. The first kappa shape index (κ1) is 18.1. The molecule has 4 heteroatoms. The van der Waals surface area contributed by atoms with Crippen molar-refractivity contribution in [3.8, 4) is 0 Å². The summed E-state index contributed by atoms with van der Waals surface area (Å²) in [5, 5.41) is 12.8. The van der Waals surface area contributed by atoms with E-state index in [0.29, 0.717) is 0 Å². The molecule has 98 valence electrons. The third-order valence-corrected chi connectivity index (χ3v) is 7.11. The molecule has 1 aromatic carbocycles. The van der Waals surface area contributed by atoms with E-state index in [0.717, 1.165) is 0 Å². The Hall–Kier alpha value is -0.886. The van der Waals surface area contributed by atoms with E-state index in [4.69, 9.17) is 4.74 Å². The average molecular weight is 268 g/mol. The molecule has 0 aliphatic heterocycles. The number of rotatable bonds is 5. The van der Waals surface area contributed by atoms with Crippen LogP contribution in [0.2, 0.25) is 18.6 Å². The third kappa shape index (κ3) is 4.95. The minimum Gasteiger partial charge on any atom is -0.617 e. The zero-order valence-corrected chi connectivity index (χ0v) is 13.5. The fourth-order valence-electron chi connectivity index (χ4n) is 1.99. The van der Waals surface area contributed by atoms with Crippen molar-refractivity contribution in [2.45, 2.75) is 25.6 Å². The topological polar surface area (TPSA) is 32.3 Å². The maximum absolute atomic E-state index is 11.5. The van der Waals surface area contributed by atoms with Gasteiger partial charge in [0, 0.05) is 5.95 Å². The van der Waals surface area contributed by atoms with Crippen LogP contribution in [0.25, 0.3) is 0 Å². The van der Waals surface area contributed by atoms with Crippen molar-refractivity contribution in [3.63, 3.8) is 0 Å². The number of hydrogen-bond acceptors (Lipinski definition) is 2. The molecule has 0 radical (unpaired) electrons. The second-order valence-corrected chi connectivity index (χ2v) is 9.52. The van der Waals surface area contributed by atoms with Gasteiger partial charge in [-0.05, 0) is 19.6 Å². The molecule has 0 fully saturated rings. The van der Waals surface area contributed by atoms with Crippen LogP contribution in [0.4, 0.5) is 0 Å². The fraction of sp³-hybridized carbons (Fsp3) is 0.333. The molecule has 0 amide bonds. The number of methoxy groups -OCH3 is 1. The average Bonchev–Trinajstić information content (AvgIpc) is 2.39. The van der Waals surface area contributed by atoms with E-state index in [-0.39, 0.29) is 30.3 Å². The Balaban J connectivity index is 0.00000324. The predicted molar refractivity (Wildman–Crippen MR) is 77.2 cm³/mol. The minimum atomic E-state index is -1.75. The first-order chi connectivity index (χ1) is 8.52.